The van der Waals surface area contributed by atoms with E-state index in [0.717, 1.165) is 18.4 Å². The molecule has 0 saturated carbocycles. The molecule has 1 aliphatic heterocycles. The fourth-order valence-corrected chi connectivity index (χ4v) is 2.02. The van der Waals surface area contributed by atoms with Crippen LogP contribution in [0, 0.1) is 0 Å². The minimum atomic E-state index is -0.155. The first-order chi connectivity index (χ1) is 8.36. The van der Waals surface area contributed by atoms with Crippen LogP contribution in [0.4, 0.5) is 0 Å². The Morgan fingerprint density at radius 3 is 3.18 bits per heavy atom. The molecule has 0 atom stereocenters. The highest BCUT2D eigenvalue weighted by molar-refractivity contribution is 6.09. The number of aromatic amines is 1. The van der Waals surface area contributed by atoms with Crippen molar-refractivity contribution in [1.82, 2.24) is 15.4 Å². The second-order valence-corrected chi connectivity index (χ2v) is 3.93. The lowest BCUT2D eigenvalue weighted by Gasteiger charge is -2.19. The number of fused-ring (bicyclic) bond motifs is 1. The van der Waals surface area contributed by atoms with Crippen molar-refractivity contribution < 1.29 is 9.53 Å². The SMILES string of the molecule is O=C(c1cn[nH]n1)c1cccc2c1OCCC2. The van der Waals surface area contributed by atoms with Crippen LogP contribution >= 0.6 is 0 Å². The number of nitrogens with one attached hydrogen (secondary N) is 1. The van der Waals surface area contributed by atoms with Crippen molar-refractivity contribution in [3.8, 4) is 5.75 Å². The molecule has 2 aromatic rings. The number of ketones is 1. The first-order valence-corrected chi connectivity index (χ1v) is 5.51. The second kappa shape index (κ2) is 4.01. The molecular weight excluding hydrogens is 218 g/mol. The molecule has 3 rings (SSSR count). The van der Waals surface area contributed by atoms with Crippen molar-refractivity contribution in [1.29, 1.82) is 0 Å². The van der Waals surface area contributed by atoms with Gasteiger partial charge in [-0.1, -0.05) is 12.1 Å². The predicted molar refractivity (Wildman–Crippen MR) is 60.1 cm³/mol. The van der Waals surface area contributed by atoms with Gasteiger partial charge in [-0.15, -0.1) is 0 Å². The molecule has 2 heterocycles. The van der Waals surface area contributed by atoms with Crippen molar-refractivity contribution >= 4 is 5.78 Å². The quantitative estimate of drug-likeness (QED) is 0.789. The lowest BCUT2D eigenvalue weighted by Crippen LogP contribution is -2.13. The first kappa shape index (κ1) is 10.0. The molecule has 1 aromatic carbocycles. The number of aromatic nitrogens is 3. The summed E-state index contributed by atoms with van der Waals surface area (Å²) in [6.45, 7) is 0.663. The van der Waals surface area contributed by atoms with Crippen LogP contribution in [0.1, 0.15) is 28.0 Å². The molecule has 1 aliphatic rings. The van der Waals surface area contributed by atoms with E-state index in [1.807, 2.05) is 12.1 Å². The monoisotopic (exact) mass is 229 g/mol. The number of hydrogen-bond donors (Lipinski definition) is 1. The molecule has 0 radical (unpaired) electrons. The smallest absolute Gasteiger partial charge is 0.218 e. The Hall–Kier alpha value is -2.17. The second-order valence-electron chi connectivity index (χ2n) is 3.93. The number of para-hydroxylation sites is 1. The van der Waals surface area contributed by atoms with E-state index in [-0.39, 0.29) is 5.78 Å². The van der Waals surface area contributed by atoms with Crippen LogP contribution in [0.3, 0.4) is 0 Å². The third-order valence-corrected chi connectivity index (χ3v) is 2.83. The average Bonchev–Trinajstić information content (AvgIpc) is 2.91. The van der Waals surface area contributed by atoms with E-state index in [4.69, 9.17) is 4.74 Å². The Morgan fingerprint density at radius 1 is 1.41 bits per heavy atom. The zero-order chi connectivity index (χ0) is 11.7. The van der Waals surface area contributed by atoms with Crippen LogP contribution in [0.2, 0.25) is 0 Å². The molecule has 0 aliphatic carbocycles. The van der Waals surface area contributed by atoms with E-state index in [2.05, 4.69) is 15.4 Å². The molecule has 86 valence electrons. The zero-order valence-corrected chi connectivity index (χ0v) is 9.14. The number of hydrogen-bond acceptors (Lipinski definition) is 4. The van der Waals surface area contributed by atoms with Crippen LogP contribution in [0.15, 0.2) is 24.4 Å². The van der Waals surface area contributed by atoms with Gasteiger partial charge in [0.2, 0.25) is 5.78 Å². The Kier molecular flexibility index (Phi) is 2.36. The summed E-state index contributed by atoms with van der Waals surface area (Å²) in [5.74, 6) is 0.546. The van der Waals surface area contributed by atoms with Crippen molar-refractivity contribution in [3.63, 3.8) is 0 Å². The lowest BCUT2D eigenvalue weighted by molar-refractivity contribution is 0.102. The molecule has 0 saturated heterocycles. The maximum atomic E-state index is 12.2. The summed E-state index contributed by atoms with van der Waals surface area (Å²) in [5.41, 5.74) is 1.97. The fourth-order valence-electron chi connectivity index (χ4n) is 2.02. The summed E-state index contributed by atoms with van der Waals surface area (Å²) < 4.78 is 5.59. The van der Waals surface area contributed by atoms with Crippen LogP contribution in [-0.2, 0) is 6.42 Å². The molecule has 5 nitrogen and oxygen atoms in total. The summed E-state index contributed by atoms with van der Waals surface area (Å²) in [5, 5.41) is 9.88. The van der Waals surface area contributed by atoms with E-state index in [9.17, 15) is 4.79 Å². The van der Waals surface area contributed by atoms with Gasteiger partial charge in [0.25, 0.3) is 0 Å². The standard InChI is InChI=1S/C12H11N3O2/c16-11(10-7-13-15-14-10)9-5-1-3-8-4-2-6-17-12(8)9/h1,3,5,7H,2,4,6H2,(H,13,14,15). The molecule has 1 N–H and O–H groups in total. The average molecular weight is 229 g/mol. The van der Waals surface area contributed by atoms with Gasteiger partial charge in [0.15, 0.2) is 5.69 Å². The summed E-state index contributed by atoms with van der Waals surface area (Å²) in [6, 6.07) is 5.63. The van der Waals surface area contributed by atoms with E-state index in [1.165, 1.54) is 6.20 Å². The zero-order valence-electron chi connectivity index (χ0n) is 9.14. The van der Waals surface area contributed by atoms with Gasteiger partial charge in [0, 0.05) is 0 Å². The molecule has 0 fully saturated rings. The van der Waals surface area contributed by atoms with E-state index < -0.39 is 0 Å². The van der Waals surface area contributed by atoms with Crippen molar-refractivity contribution in [3.05, 3.63) is 41.2 Å². The molecule has 0 unspecified atom stereocenters. The summed E-state index contributed by atoms with van der Waals surface area (Å²) in [6.07, 6.45) is 3.37. The van der Waals surface area contributed by atoms with Crippen molar-refractivity contribution in [2.45, 2.75) is 12.8 Å². The molecule has 0 amide bonds. The van der Waals surface area contributed by atoms with Crippen molar-refractivity contribution in [2.75, 3.05) is 6.61 Å². The van der Waals surface area contributed by atoms with Gasteiger partial charge < -0.3 is 4.74 Å². The van der Waals surface area contributed by atoms with Gasteiger partial charge in [0.05, 0.1) is 18.4 Å². The highest BCUT2D eigenvalue weighted by Gasteiger charge is 2.21. The minimum Gasteiger partial charge on any atom is -0.493 e. The van der Waals surface area contributed by atoms with Gasteiger partial charge in [-0.25, -0.2) is 0 Å². The molecule has 0 bridgehead atoms. The number of rotatable bonds is 2. The Labute approximate surface area is 97.8 Å². The molecule has 1 aromatic heterocycles. The molecule has 0 spiro atoms. The van der Waals surface area contributed by atoms with Crippen LogP contribution < -0.4 is 4.74 Å². The van der Waals surface area contributed by atoms with Gasteiger partial charge >= 0.3 is 0 Å². The summed E-state index contributed by atoms with van der Waals surface area (Å²) >= 11 is 0. The third kappa shape index (κ3) is 1.69. The predicted octanol–water partition coefficient (Wildman–Crippen LogP) is 1.36. The molecular formula is C12H11N3O2. The van der Waals surface area contributed by atoms with E-state index >= 15 is 0 Å². The summed E-state index contributed by atoms with van der Waals surface area (Å²) in [4.78, 5) is 12.2. The largest absolute Gasteiger partial charge is 0.493 e. The Balaban J connectivity index is 2.06. The Morgan fingerprint density at radius 2 is 2.35 bits per heavy atom. The number of H-pyrrole nitrogens is 1. The van der Waals surface area contributed by atoms with Gasteiger partial charge in [-0.2, -0.15) is 15.4 Å². The van der Waals surface area contributed by atoms with Crippen LogP contribution in [0.5, 0.6) is 5.75 Å². The van der Waals surface area contributed by atoms with Crippen LogP contribution in [-0.4, -0.2) is 27.8 Å². The normalized spacial score (nSPS) is 13.9. The van der Waals surface area contributed by atoms with Crippen molar-refractivity contribution in [2.24, 2.45) is 0 Å². The molecule has 17 heavy (non-hydrogen) atoms. The highest BCUT2D eigenvalue weighted by atomic mass is 16.5. The number of benzene rings is 1. The van der Waals surface area contributed by atoms with E-state index in [1.54, 1.807) is 6.07 Å². The number of carbonyl (C=O) groups excluding carboxylic acids is 1. The third-order valence-electron chi connectivity index (χ3n) is 2.83. The summed E-state index contributed by atoms with van der Waals surface area (Å²) in [7, 11) is 0. The number of nitrogens with zero attached hydrogens (tertiary/aromatic N) is 2. The topological polar surface area (TPSA) is 67.9 Å². The highest BCUT2D eigenvalue weighted by Crippen LogP contribution is 2.29. The lowest BCUT2D eigenvalue weighted by atomic mass is 9.99. The molecule has 5 heteroatoms. The Bertz CT molecular complexity index is 549. The number of ether oxygens (including phenoxy) is 1. The van der Waals surface area contributed by atoms with Gasteiger partial charge in [-0.3, -0.25) is 4.79 Å². The fraction of sp³-hybridized carbons (Fsp3) is 0.250. The van der Waals surface area contributed by atoms with E-state index in [0.29, 0.717) is 23.6 Å². The maximum Gasteiger partial charge on any atom is 0.218 e. The van der Waals surface area contributed by atoms with Crippen LogP contribution in [0.25, 0.3) is 0 Å². The minimum absolute atomic E-state index is 0.155. The maximum absolute atomic E-state index is 12.2. The number of carbonyl (C=O) groups is 1. The first-order valence-electron chi connectivity index (χ1n) is 5.51. The number of aryl methyl sites for hydroxylation is 1. The van der Waals surface area contributed by atoms with Gasteiger partial charge in [0.1, 0.15) is 5.75 Å². The van der Waals surface area contributed by atoms with Gasteiger partial charge in [-0.05, 0) is 24.5 Å².